The second-order valence-corrected chi connectivity index (χ2v) is 6.47. The van der Waals surface area contributed by atoms with E-state index in [0.717, 1.165) is 11.1 Å². The first kappa shape index (κ1) is 20.3. The third-order valence-electron chi connectivity index (χ3n) is 4.26. The third kappa shape index (κ3) is 5.48. The first-order valence-corrected chi connectivity index (χ1v) is 8.95. The number of nitrogens with one attached hydrogen (secondary N) is 2. The van der Waals surface area contributed by atoms with Crippen LogP contribution in [0.1, 0.15) is 38.8 Å². The zero-order valence-corrected chi connectivity index (χ0v) is 16.2. The number of carbonyl (C=O) groups excluding carboxylic acids is 2. The quantitative estimate of drug-likeness (QED) is 0.737. The van der Waals surface area contributed by atoms with Crippen molar-refractivity contribution in [2.75, 3.05) is 23.8 Å². The molecule has 0 unspecified atom stereocenters. The predicted octanol–water partition coefficient (Wildman–Crippen LogP) is 5.15. The fourth-order valence-electron chi connectivity index (χ4n) is 2.68. The van der Waals surface area contributed by atoms with Crippen LogP contribution in [0.15, 0.2) is 48.5 Å². The Bertz CT molecular complexity index is 702. The Kier molecular flexibility index (Phi) is 6.82. The molecule has 6 heteroatoms. The third-order valence-corrected chi connectivity index (χ3v) is 4.26. The first-order valence-electron chi connectivity index (χ1n) is 8.95. The highest BCUT2D eigenvalue weighted by molar-refractivity contribution is 5.85. The fourth-order valence-corrected chi connectivity index (χ4v) is 2.68. The Morgan fingerprint density at radius 3 is 1.37 bits per heavy atom. The van der Waals surface area contributed by atoms with Gasteiger partial charge in [-0.05, 0) is 49.2 Å². The van der Waals surface area contributed by atoms with E-state index in [-0.39, 0.29) is 5.41 Å². The summed E-state index contributed by atoms with van der Waals surface area (Å²) in [6.45, 7) is 8.43. The molecule has 2 rings (SSSR count). The summed E-state index contributed by atoms with van der Waals surface area (Å²) >= 11 is 0. The summed E-state index contributed by atoms with van der Waals surface area (Å²) in [6, 6.07) is 15.3. The minimum atomic E-state index is -0.464. The lowest BCUT2D eigenvalue weighted by Gasteiger charge is -2.26. The molecule has 0 fully saturated rings. The number of ether oxygens (including phenoxy) is 2. The predicted molar refractivity (Wildman–Crippen MR) is 106 cm³/mol. The summed E-state index contributed by atoms with van der Waals surface area (Å²) in [6.07, 6.45) is -0.927. The van der Waals surface area contributed by atoms with Gasteiger partial charge in [0.1, 0.15) is 0 Å². The van der Waals surface area contributed by atoms with Crippen LogP contribution in [0.25, 0.3) is 0 Å². The Morgan fingerprint density at radius 2 is 1.07 bits per heavy atom. The van der Waals surface area contributed by atoms with Crippen LogP contribution in [-0.4, -0.2) is 25.4 Å². The first-order chi connectivity index (χ1) is 12.9. The van der Waals surface area contributed by atoms with Gasteiger partial charge in [0.2, 0.25) is 0 Å². The Labute approximate surface area is 159 Å². The SMILES string of the molecule is CCOC(=O)Nc1ccc(C(C)(C)c2ccc(NC(=O)OCC)cc2)cc1. The maximum Gasteiger partial charge on any atom is 0.411 e. The summed E-state index contributed by atoms with van der Waals surface area (Å²) in [5.41, 5.74) is 3.32. The molecule has 144 valence electrons. The molecule has 0 radical (unpaired) electrons. The Morgan fingerprint density at radius 1 is 0.741 bits per heavy atom. The lowest BCUT2D eigenvalue weighted by atomic mass is 9.78. The van der Waals surface area contributed by atoms with Crippen molar-refractivity contribution in [1.82, 2.24) is 0 Å². The average molecular weight is 370 g/mol. The lowest BCUT2D eigenvalue weighted by Crippen LogP contribution is -2.19. The van der Waals surface area contributed by atoms with Crippen LogP contribution in [0.2, 0.25) is 0 Å². The number of anilines is 2. The molecule has 2 N–H and O–H groups in total. The van der Waals surface area contributed by atoms with Crippen LogP contribution in [0.4, 0.5) is 21.0 Å². The van der Waals surface area contributed by atoms with E-state index in [0.29, 0.717) is 24.6 Å². The van der Waals surface area contributed by atoms with E-state index in [4.69, 9.17) is 9.47 Å². The summed E-state index contributed by atoms with van der Waals surface area (Å²) in [7, 11) is 0. The maximum atomic E-state index is 11.5. The normalized spacial score (nSPS) is 10.8. The van der Waals surface area contributed by atoms with E-state index >= 15 is 0 Å². The molecule has 0 aliphatic carbocycles. The number of amides is 2. The standard InChI is InChI=1S/C21H26N2O4/c1-5-26-19(24)22-17-11-7-15(8-12-17)21(3,4)16-9-13-18(14-10-16)23-20(25)27-6-2/h7-14H,5-6H2,1-4H3,(H,22,24)(H,23,25). The van der Waals surface area contributed by atoms with E-state index in [1.807, 2.05) is 48.5 Å². The van der Waals surface area contributed by atoms with Gasteiger partial charge in [-0.1, -0.05) is 38.1 Å². The maximum absolute atomic E-state index is 11.5. The van der Waals surface area contributed by atoms with Crippen LogP contribution in [0, 0.1) is 0 Å². The molecule has 0 atom stereocenters. The molecule has 2 aromatic rings. The highest BCUT2D eigenvalue weighted by Gasteiger charge is 2.23. The molecule has 0 saturated heterocycles. The van der Waals surface area contributed by atoms with E-state index in [2.05, 4.69) is 24.5 Å². The topological polar surface area (TPSA) is 76.7 Å². The highest BCUT2D eigenvalue weighted by atomic mass is 16.6. The van der Waals surface area contributed by atoms with E-state index in [1.54, 1.807) is 13.8 Å². The van der Waals surface area contributed by atoms with Gasteiger partial charge in [-0.2, -0.15) is 0 Å². The number of carbonyl (C=O) groups is 2. The van der Waals surface area contributed by atoms with Gasteiger partial charge in [-0.3, -0.25) is 10.6 Å². The molecule has 27 heavy (non-hydrogen) atoms. The van der Waals surface area contributed by atoms with Crippen LogP contribution in [-0.2, 0) is 14.9 Å². The summed E-state index contributed by atoms with van der Waals surface area (Å²) in [4.78, 5) is 23.0. The van der Waals surface area contributed by atoms with E-state index in [1.165, 1.54) is 0 Å². The van der Waals surface area contributed by atoms with E-state index < -0.39 is 12.2 Å². The molecule has 0 aliphatic heterocycles. The monoisotopic (exact) mass is 370 g/mol. The molecule has 0 heterocycles. The van der Waals surface area contributed by atoms with Gasteiger partial charge in [0.05, 0.1) is 13.2 Å². The molecule has 0 aliphatic rings. The zero-order valence-electron chi connectivity index (χ0n) is 16.2. The van der Waals surface area contributed by atoms with Crippen LogP contribution < -0.4 is 10.6 Å². The van der Waals surface area contributed by atoms with E-state index in [9.17, 15) is 9.59 Å². The number of benzene rings is 2. The van der Waals surface area contributed by atoms with Crippen LogP contribution in [0.3, 0.4) is 0 Å². The van der Waals surface area contributed by atoms with Crippen molar-refractivity contribution in [1.29, 1.82) is 0 Å². The molecule has 6 nitrogen and oxygen atoms in total. The number of hydrogen-bond acceptors (Lipinski definition) is 4. The smallest absolute Gasteiger partial charge is 0.411 e. The summed E-state index contributed by atoms with van der Waals surface area (Å²) in [5.74, 6) is 0. The minimum absolute atomic E-state index is 0.245. The van der Waals surface area contributed by atoms with Crippen LogP contribution >= 0.6 is 0 Å². The molecule has 0 spiro atoms. The Hall–Kier alpha value is -3.02. The van der Waals surface area contributed by atoms with Crippen LogP contribution in [0.5, 0.6) is 0 Å². The lowest BCUT2D eigenvalue weighted by molar-refractivity contribution is 0.167. The molecule has 0 aromatic heterocycles. The molecule has 2 amide bonds. The molecule has 0 bridgehead atoms. The van der Waals surface area contributed by atoms with Crippen molar-refractivity contribution < 1.29 is 19.1 Å². The van der Waals surface area contributed by atoms with Crippen molar-refractivity contribution in [3.63, 3.8) is 0 Å². The van der Waals surface area contributed by atoms with Crippen molar-refractivity contribution in [2.24, 2.45) is 0 Å². The molecular weight excluding hydrogens is 344 g/mol. The molecule has 0 saturated carbocycles. The van der Waals surface area contributed by atoms with Crippen molar-refractivity contribution in [3.05, 3.63) is 59.7 Å². The van der Waals surface area contributed by atoms with Gasteiger partial charge in [0.15, 0.2) is 0 Å². The van der Waals surface area contributed by atoms with Gasteiger partial charge < -0.3 is 9.47 Å². The fraction of sp³-hybridized carbons (Fsp3) is 0.333. The van der Waals surface area contributed by atoms with Crippen molar-refractivity contribution >= 4 is 23.6 Å². The molecular formula is C21H26N2O4. The average Bonchev–Trinajstić information content (AvgIpc) is 2.63. The van der Waals surface area contributed by atoms with Gasteiger partial charge in [-0.15, -0.1) is 0 Å². The van der Waals surface area contributed by atoms with Crippen molar-refractivity contribution in [2.45, 2.75) is 33.1 Å². The van der Waals surface area contributed by atoms with Gasteiger partial charge in [0.25, 0.3) is 0 Å². The summed E-state index contributed by atoms with van der Waals surface area (Å²) in [5, 5.41) is 5.37. The molecule has 2 aromatic carbocycles. The van der Waals surface area contributed by atoms with Crippen molar-refractivity contribution in [3.8, 4) is 0 Å². The summed E-state index contributed by atoms with van der Waals surface area (Å²) < 4.78 is 9.76. The van der Waals surface area contributed by atoms with Gasteiger partial charge >= 0.3 is 12.2 Å². The second kappa shape index (κ2) is 9.07. The largest absolute Gasteiger partial charge is 0.450 e. The van der Waals surface area contributed by atoms with Gasteiger partial charge in [-0.25, -0.2) is 9.59 Å². The van der Waals surface area contributed by atoms with Gasteiger partial charge in [0, 0.05) is 16.8 Å². The highest BCUT2D eigenvalue weighted by Crippen LogP contribution is 2.32. The minimum Gasteiger partial charge on any atom is -0.450 e. The second-order valence-electron chi connectivity index (χ2n) is 6.47. The number of hydrogen-bond donors (Lipinski definition) is 2. The zero-order chi connectivity index (χ0) is 19.9. The number of rotatable bonds is 6. The Balaban J connectivity index is 2.10.